The third-order valence-corrected chi connectivity index (χ3v) is 6.11. The predicted octanol–water partition coefficient (Wildman–Crippen LogP) is 7.98. The number of H-pyrrole nitrogens is 1. The second-order valence-corrected chi connectivity index (χ2v) is 8.68. The molecule has 1 atom stereocenters. The lowest BCUT2D eigenvalue weighted by Gasteiger charge is -2.13. The van der Waals surface area contributed by atoms with Crippen LogP contribution >= 0.6 is 0 Å². The molecule has 0 fully saturated rings. The number of aromatic nitrogens is 2. The van der Waals surface area contributed by atoms with Crippen LogP contribution in [0.1, 0.15) is 141 Å². The number of imidazole rings is 1. The Balaban J connectivity index is 2.02. The highest BCUT2D eigenvalue weighted by Gasteiger charge is 2.20. The van der Waals surface area contributed by atoms with E-state index in [0.29, 0.717) is 0 Å². The van der Waals surface area contributed by atoms with E-state index in [4.69, 9.17) is 0 Å². The quantitative estimate of drug-likeness (QED) is 0.186. The average Bonchev–Trinajstić information content (AvgIpc) is 3.10. The summed E-state index contributed by atoms with van der Waals surface area (Å²) in [5, 5.41) is 0. The summed E-state index contributed by atoms with van der Waals surface area (Å²) in [6.45, 7) is 4.60. The maximum atomic E-state index is 3.49. The van der Waals surface area contributed by atoms with Gasteiger partial charge in [-0.1, -0.05) is 117 Å². The zero-order valence-electron chi connectivity index (χ0n) is 18.9. The minimum atomic E-state index is 0.726. The van der Waals surface area contributed by atoms with E-state index < -0.39 is 0 Å². The van der Waals surface area contributed by atoms with E-state index in [1.54, 1.807) is 0 Å². The van der Waals surface area contributed by atoms with E-state index >= 15 is 0 Å². The molecule has 2 heteroatoms. The third kappa shape index (κ3) is 12.3. The molecule has 1 rings (SSSR count). The summed E-state index contributed by atoms with van der Waals surface area (Å²) in [4.78, 5) is 3.49. The fraction of sp³-hybridized carbons (Fsp3) is 0.880. The third-order valence-electron chi connectivity index (χ3n) is 6.11. The lowest BCUT2D eigenvalue weighted by Crippen LogP contribution is -2.32. The molecular weight excluding hydrogens is 328 g/mol. The monoisotopic (exact) mass is 377 g/mol. The van der Waals surface area contributed by atoms with Crippen molar-refractivity contribution in [2.45, 2.75) is 135 Å². The number of nitrogens with zero attached hydrogens (tertiary/aromatic N) is 1. The highest BCUT2D eigenvalue weighted by molar-refractivity contribution is 4.89. The Bertz CT molecular complexity index is 424. The first-order valence-electron chi connectivity index (χ1n) is 12.3. The zero-order chi connectivity index (χ0) is 19.6. The summed E-state index contributed by atoms with van der Waals surface area (Å²) in [6, 6.07) is 0. The van der Waals surface area contributed by atoms with Gasteiger partial charge in [0.1, 0.15) is 12.4 Å². The lowest BCUT2D eigenvalue weighted by atomic mass is 9.93. The van der Waals surface area contributed by atoms with Gasteiger partial charge in [0, 0.05) is 0 Å². The minimum absolute atomic E-state index is 0.726. The van der Waals surface area contributed by atoms with Crippen LogP contribution in [-0.4, -0.2) is 4.98 Å². The summed E-state index contributed by atoms with van der Waals surface area (Å²) in [5.74, 6) is 2.16. The molecule has 0 aliphatic rings. The van der Waals surface area contributed by atoms with E-state index in [-0.39, 0.29) is 0 Å². The van der Waals surface area contributed by atoms with E-state index in [1.807, 2.05) is 0 Å². The molecule has 0 aromatic carbocycles. The fourth-order valence-corrected chi connectivity index (χ4v) is 4.29. The van der Waals surface area contributed by atoms with Gasteiger partial charge in [-0.15, -0.1) is 0 Å². The molecule has 27 heavy (non-hydrogen) atoms. The van der Waals surface area contributed by atoms with Crippen molar-refractivity contribution < 1.29 is 4.57 Å². The van der Waals surface area contributed by atoms with Crippen LogP contribution in [0, 0.1) is 0 Å². The molecule has 0 radical (unpaired) electrons. The van der Waals surface area contributed by atoms with Crippen molar-refractivity contribution in [3.63, 3.8) is 0 Å². The van der Waals surface area contributed by atoms with Gasteiger partial charge in [-0.2, -0.15) is 0 Å². The van der Waals surface area contributed by atoms with Crippen LogP contribution in [0.5, 0.6) is 0 Å². The summed E-state index contributed by atoms with van der Waals surface area (Å²) >= 11 is 0. The molecule has 0 unspecified atom stereocenters. The second kappa shape index (κ2) is 17.3. The first-order chi connectivity index (χ1) is 13.3. The Labute approximate surface area is 170 Å². The van der Waals surface area contributed by atoms with Crippen molar-refractivity contribution in [1.29, 1.82) is 0 Å². The van der Waals surface area contributed by atoms with Gasteiger partial charge in [0.25, 0.3) is 5.82 Å². The zero-order valence-corrected chi connectivity index (χ0v) is 18.9. The van der Waals surface area contributed by atoms with Gasteiger partial charge in [0.2, 0.25) is 0 Å². The Morgan fingerprint density at radius 2 is 1.07 bits per heavy atom. The normalized spacial score (nSPS) is 12.6. The van der Waals surface area contributed by atoms with Crippen molar-refractivity contribution in [2.24, 2.45) is 7.05 Å². The van der Waals surface area contributed by atoms with E-state index in [2.05, 4.69) is 42.8 Å². The van der Waals surface area contributed by atoms with Crippen molar-refractivity contribution in [2.75, 3.05) is 0 Å². The first-order valence-corrected chi connectivity index (χ1v) is 12.3. The Kier molecular flexibility index (Phi) is 15.6. The number of aryl methyl sites for hydroxylation is 1. The van der Waals surface area contributed by atoms with Gasteiger partial charge in [0.05, 0.1) is 13.0 Å². The van der Waals surface area contributed by atoms with Crippen LogP contribution in [0.4, 0.5) is 0 Å². The van der Waals surface area contributed by atoms with E-state index in [0.717, 1.165) is 5.92 Å². The molecule has 1 N–H and O–H groups in total. The minimum Gasteiger partial charge on any atom is -0.247 e. The highest BCUT2D eigenvalue weighted by atomic mass is 15.0. The summed E-state index contributed by atoms with van der Waals surface area (Å²) in [7, 11) is 2.18. The van der Waals surface area contributed by atoms with Gasteiger partial charge in [-0.05, 0) is 12.8 Å². The van der Waals surface area contributed by atoms with Crippen LogP contribution in [0.2, 0.25) is 0 Å². The molecule has 1 aromatic heterocycles. The van der Waals surface area contributed by atoms with Gasteiger partial charge in [0.15, 0.2) is 0 Å². The van der Waals surface area contributed by atoms with Crippen LogP contribution < -0.4 is 4.57 Å². The highest BCUT2D eigenvalue weighted by Crippen LogP contribution is 2.25. The molecule has 0 bridgehead atoms. The average molecular weight is 378 g/mol. The number of nitrogens with one attached hydrogen (secondary N) is 1. The van der Waals surface area contributed by atoms with Crippen LogP contribution in [0.3, 0.4) is 0 Å². The molecule has 2 nitrogen and oxygen atoms in total. The number of hydrogen-bond acceptors (Lipinski definition) is 0. The maximum absolute atomic E-state index is 3.49. The molecule has 1 aromatic rings. The Morgan fingerprint density at radius 3 is 1.52 bits per heavy atom. The topological polar surface area (TPSA) is 19.7 Å². The number of aromatic amines is 1. The van der Waals surface area contributed by atoms with Crippen molar-refractivity contribution in [3.8, 4) is 0 Å². The first kappa shape index (κ1) is 24.2. The SMILES string of the molecule is CCCCCCCCCCCCCCC[C@H](CCCCC)c1[nH]cc[n+]1C. The lowest BCUT2D eigenvalue weighted by molar-refractivity contribution is -0.679. The van der Waals surface area contributed by atoms with Gasteiger partial charge >= 0.3 is 0 Å². The Hall–Kier alpha value is -0.790. The van der Waals surface area contributed by atoms with Gasteiger partial charge in [-0.25, -0.2) is 9.55 Å². The molecular formula is C25H49N2+. The fourth-order valence-electron chi connectivity index (χ4n) is 4.29. The molecule has 0 aliphatic carbocycles. The van der Waals surface area contributed by atoms with Crippen molar-refractivity contribution in [3.05, 3.63) is 18.2 Å². The smallest absolute Gasteiger partial charge is 0.247 e. The number of hydrogen-bond donors (Lipinski definition) is 1. The summed E-state index contributed by atoms with van der Waals surface area (Å²) in [6.07, 6.45) is 29.8. The van der Waals surface area contributed by atoms with Crippen molar-refractivity contribution in [1.82, 2.24) is 4.98 Å². The molecule has 158 valence electrons. The molecule has 0 spiro atoms. The molecule has 0 saturated heterocycles. The van der Waals surface area contributed by atoms with Gasteiger partial charge in [-0.3, -0.25) is 0 Å². The molecule has 0 aliphatic heterocycles. The molecule has 0 saturated carbocycles. The van der Waals surface area contributed by atoms with Crippen LogP contribution in [0.15, 0.2) is 12.4 Å². The summed E-state index contributed by atoms with van der Waals surface area (Å²) < 4.78 is 2.29. The van der Waals surface area contributed by atoms with E-state index in [9.17, 15) is 0 Å². The van der Waals surface area contributed by atoms with Gasteiger partial charge < -0.3 is 0 Å². The molecule has 0 amide bonds. The number of unbranched alkanes of at least 4 members (excludes halogenated alkanes) is 14. The maximum Gasteiger partial charge on any atom is 0.257 e. The largest absolute Gasteiger partial charge is 0.257 e. The number of rotatable bonds is 19. The van der Waals surface area contributed by atoms with Crippen molar-refractivity contribution >= 4 is 0 Å². The van der Waals surface area contributed by atoms with Crippen LogP contribution in [0.25, 0.3) is 0 Å². The molecule has 1 heterocycles. The standard InChI is InChI=1S/C25H48N2/c1-4-6-8-9-10-11-12-13-14-15-16-17-19-21-24(20-18-7-5-2)25-26-22-23-27(25)3/h22-24H,4-21H2,1-3H3/p+1/t24-/m0/s1. The second-order valence-electron chi connectivity index (χ2n) is 8.68. The summed E-state index contributed by atoms with van der Waals surface area (Å²) in [5.41, 5.74) is 0. The van der Waals surface area contributed by atoms with Crippen LogP contribution in [-0.2, 0) is 7.05 Å². The van der Waals surface area contributed by atoms with E-state index in [1.165, 1.54) is 121 Å². The predicted molar refractivity (Wildman–Crippen MR) is 119 cm³/mol. The Morgan fingerprint density at radius 1 is 0.667 bits per heavy atom.